The van der Waals surface area contributed by atoms with Gasteiger partial charge in [0.05, 0.1) is 17.6 Å². The summed E-state index contributed by atoms with van der Waals surface area (Å²) in [5.74, 6) is 0.777. The third-order valence-electron chi connectivity index (χ3n) is 2.96. The first-order valence-corrected chi connectivity index (χ1v) is 7.61. The molecular formula is C15H14BrCl2NO. The number of hydrogen-bond donors (Lipinski definition) is 1. The van der Waals surface area contributed by atoms with Crippen LogP contribution >= 0.6 is 39.1 Å². The second-order valence-electron chi connectivity index (χ2n) is 4.38. The zero-order chi connectivity index (χ0) is 14.7. The highest BCUT2D eigenvalue weighted by atomic mass is 79.9. The van der Waals surface area contributed by atoms with Gasteiger partial charge in [0.15, 0.2) is 0 Å². The molecule has 106 valence electrons. The first-order valence-electron chi connectivity index (χ1n) is 6.06. The largest absolute Gasteiger partial charge is 0.495 e. The van der Waals surface area contributed by atoms with Gasteiger partial charge >= 0.3 is 0 Å². The van der Waals surface area contributed by atoms with E-state index in [1.165, 1.54) is 0 Å². The fourth-order valence-corrected chi connectivity index (χ4v) is 2.79. The third-order valence-corrected chi connectivity index (χ3v) is 4.19. The van der Waals surface area contributed by atoms with Crippen molar-refractivity contribution in [3.63, 3.8) is 0 Å². The number of rotatable bonds is 4. The van der Waals surface area contributed by atoms with E-state index in [0.717, 1.165) is 21.5 Å². The van der Waals surface area contributed by atoms with Crippen molar-refractivity contribution < 1.29 is 4.74 Å². The standard InChI is InChI=1S/C15H14BrCl2NO/c1-9(12-7-10(17)3-6-14(12)18)19-11-4-5-13(16)15(8-11)20-2/h3-9,19H,1-2H3. The first kappa shape index (κ1) is 15.5. The van der Waals surface area contributed by atoms with Gasteiger partial charge in [-0.25, -0.2) is 0 Å². The number of benzene rings is 2. The number of nitrogens with one attached hydrogen (secondary N) is 1. The number of hydrogen-bond acceptors (Lipinski definition) is 2. The first-order chi connectivity index (χ1) is 9.51. The van der Waals surface area contributed by atoms with Gasteiger partial charge in [0.2, 0.25) is 0 Å². The third kappa shape index (κ3) is 3.60. The van der Waals surface area contributed by atoms with E-state index < -0.39 is 0 Å². The zero-order valence-electron chi connectivity index (χ0n) is 11.1. The average Bonchev–Trinajstić information content (AvgIpc) is 2.43. The van der Waals surface area contributed by atoms with Gasteiger partial charge in [-0.2, -0.15) is 0 Å². The van der Waals surface area contributed by atoms with Gasteiger partial charge in [0, 0.05) is 21.8 Å². The minimum Gasteiger partial charge on any atom is -0.495 e. The molecule has 2 aromatic rings. The Morgan fingerprint density at radius 3 is 2.60 bits per heavy atom. The molecule has 1 unspecified atom stereocenters. The molecule has 1 atom stereocenters. The Bertz CT molecular complexity index is 619. The van der Waals surface area contributed by atoms with Crippen molar-refractivity contribution in [3.8, 4) is 5.75 Å². The number of anilines is 1. The lowest BCUT2D eigenvalue weighted by Gasteiger charge is -2.18. The van der Waals surface area contributed by atoms with Crippen LogP contribution in [0.25, 0.3) is 0 Å². The van der Waals surface area contributed by atoms with Crippen molar-refractivity contribution in [2.24, 2.45) is 0 Å². The smallest absolute Gasteiger partial charge is 0.135 e. The van der Waals surface area contributed by atoms with Crippen LogP contribution in [-0.4, -0.2) is 7.11 Å². The summed E-state index contributed by atoms with van der Waals surface area (Å²) in [4.78, 5) is 0. The summed E-state index contributed by atoms with van der Waals surface area (Å²) in [7, 11) is 1.64. The molecule has 20 heavy (non-hydrogen) atoms. The molecule has 0 aliphatic carbocycles. The Balaban J connectivity index is 2.23. The second kappa shape index (κ2) is 6.70. The van der Waals surface area contributed by atoms with Crippen LogP contribution in [0.3, 0.4) is 0 Å². The van der Waals surface area contributed by atoms with E-state index in [2.05, 4.69) is 21.2 Å². The lowest BCUT2D eigenvalue weighted by atomic mass is 10.1. The zero-order valence-corrected chi connectivity index (χ0v) is 14.2. The minimum atomic E-state index is 0.0343. The molecule has 0 amide bonds. The van der Waals surface area contributed by atoms with E-state index in [1.807, 2.05) is 31.2 Å². The Morgan fingerprint density at radius 2 is 1.90 bits per heavy atom. The van der Waals surface area contributed by atoms with E-state index in [9.17, 15) is 0 Å². The normalized spacial score (nSPS) is 12.1. The summed E-state index contributed by atoms with van der Waals surface area (Å²) in [6.07, 6.45) is 0. The predicted molar refractivity (Wildman–Crippen MR) is 89.2 cm³/mol. The van der Waals surface area contributed by atoms with Gasteiger partial charge in [-0.1, -0.05) is 23.2 Å². The second-order valence-corrected chi connectivity index (χ2v) is 6.08. The van der Waals surface area contributed by atoms with Gasteiger partial charge in [0.1, 0.15) is 5.75 Å². The summed E-state index contributed by atoms with van der Waals surface area (Å²) < 4.78 is 6.20. The molecule has 0 heterocycles. The number of methoxy groups -OCH3 is 1. The summed E-state index contributed by atoms with van der Waals surface area (Å²) in [5, 5.41) is 4.75. The van der Waals surface area contributed by atoms with Gasteiger partial charge in [-0.3, -0.25) is 0 Å². The van der Waals surface area contributed by atoms with Gasteiger partial charge in [-0.05, 0) is 58.7 Å². The van der Waals surface area contributed by atoms with Crippen LogP contribution in [0.5, 0.6) is 5.75 Å². The van der Waals surface area contributed by atoms with Crippen molar-refractivity contribution >= 4 is 44.8 Å². The molecule has 2 aromatic carbocycles. The Kier molecular flexibility index (Phi) is 5.19. The molecule has 0 saturated carbocycles. The van der Waals surface area contributed by atoms with Crippen LogP contribution in [0.2, 0.25) is 10.0 Å². The molecule has 0 bridgehead atoms. The number of ether oxygens (including phenoxy) is 1. The summed E-state index contributed by atoms with van der Waals surface area (Å²) in [6, 6.07) is 11.3. The van der Waals surface area contributed by atoms with Crippen LogP contribution in [0.4, 0.5) is 5.69 Å². The van der Waals surface area contributed by atoms with Crippen molar-refractivity contribution in [2.45, 2.75) is 13.0 Å². The molecule has 2 nitrogen and oxygen atoms in total. The Hall–Kier alpha value is -0.900. The molecule has 0 aromatic heterocycles. The topological polar surface area (TPSA) is 21.3 Å². The fourth-order valence-electron chi connectivity index (χ4n) is 1.92. The van der Waals surface area contributed by atoms with Crippen molar-refractivity contribution in [3.05, 3.63) is 56.5 Å². The molecule has 2 rings (SSSR count). The van der Waals surface area contributed by atoms with E-state index >= 15 is 0 Å². The predicted octanol–water partition coefficient (Wildman–Crippen LogP) is 5.94. The van der Waals surface area contributed by atoms with Crippen LogP contribution in [0, 0.1) is 0 Å². The summed E-state index contributed by atoms with van der Waals surface area (Å²) in [6.45, 7) is 2.03. The van der Waals surface area contributed by atoms with Gasteiger partial charge in [0.25, 0.3) is 0 Å². The lowest BCUT2D eigenvalue weighted by molar-refractivity contribution is 0.412. The minimum absolute atomic E-state index is 0.0343. The van der Waals surface area contributed by atoms with Crippen LogP contribution in [0.15, 0.2) is 40.9 Å². The highest BCUT2D eigenvalue weighted by Crippen LogP contribution is 2.32. The maximum Gasteiger partial charge on any atom is 0.135 e. The van der Waals surface area contributed by atoms with Crippen LogP contribution in [-0.2, 0) is 0 Å². The highest BCUT2D eigenvalue weighted by molar-refractivity contribution is 9.10. The number of halogens is 3. The van der Waals surface area contributed by atoms with E-state index in [1.54, 1.807) is 19.2 Å². The molecule has 1 N–H and O–H groups in total. The highest BCUT2D eigenvalue weighted by Gasteiger charge is 2.11. The van der Waals surface area contributed by atoms with E-state index in [-0.39, 0.29) is 6.04 Å². The molecule has 0 spiro atoms. The maximum atomic E-state index is 6.21. The Labute approximate surface area is 137 Å². The summed E-state index contributed by atoms with van der Waals surface area (Å²) in [5.41, 5.74) is 1.91. The molecule has 0 fully saturated rings. The van der Waals surface area contributed by atoms with Gasteiger partial charge < -0.3 is 10.1 Å². The molecule has 0 aliphatic heterocycles. The van der Waals surface area contributed by atoms with E-state index in [0.29, 0.717) is 10.0 Å². The lowest BCUT2D eigenvalue weighted by Crippen LogP contribution is -2.07. The van der Waals surface area contributed by atoms with E-state index in [4.69, 9.17) is 27.9 Å². The maximum absolute atomic E-state index is 6.21. The van der Waals surface area contributed by atoms with Crippen LogP contribution in [0.1, 0.15) is 18.5 Å². The Morgan fingerprint density at radius 1 is 1.15 bits per heavy atom. The molecule has 0 radical (unpaired) electrons. The van der Waals surface area contributed by atoms with Gasteiger partial charge in [-0.15, -0.1) is 0 Å². The van der Waals surface area contributed by atoms with Crippen molar-refractivity contribution in [1.29, 1.82) is 0 Å². The van der Waals surface area contributed by atoms with Crippen LogP contribution < -0.4 is 10.1 Å². The monoisotopic (exact) mass is 373 g/mol. The van der Waals surface area contributed by atoms with Crippen molar-refractivity contribution in [2.75, 3.05) is 12.4 Å². The average molecular weight is 375 g/mol. The van der Waals surface area contributed by atoms with Crippen molar-refractivity contribution in [1.82, 2.24) is 0 Å². The SMILES string of the molecule is COc1cc(NC(C)c2cc(Cl)ccc2Cl)ccc1Br. The summed E-state index contributed by atoms with van der Waals surface area (Å²) >= 11 is 15.7. The molecule has 5 heteroatoms. The molecule has 0 aliphatic rings. The fraction of sp³-hybridized carbons (Fsp3) is 0.200. The molecular weight excluding hydrogens is 361 g/mol. The molecule has 0 saturated heterocycles. The quantitative estimate of drug-likeness (QED) is 0.715.